The molecule has 4 rings (SSSR count). The fraction of sp³-hybridized carbons (Fsp3) is 0.364. The molecular weight excluding hydrogens is 416 g/mol. The molecule has 0 amide bonds. The molecule has 1 fully saturated rings. The highest BCUT2D eigenvalue weighted by atomic mass is 32.2. The molecule has 6 nitrogen and oxygen atoms in total. The van der Waals surface area contributed by atoms with Gasteiger partial charge in [0.15, 0.2) is 0 Å². The number of nitrogens with zero attached hydrogens (tertiary/aromatic N) is 4. The van der Waals surface area contributed by atoms with E-state index in [0.29, 0.717) is 10.8 Å². The Hall–Kier alpha value is -2.13. The molecule has 0 radical (unpaired) electrons. The lowest BCUT2D eigenvalue weighted by Crippen LogP contribution is -2.47. The number of thiophene rings is 1. The van der Waals surface area contributed by atoms with Crippen LogP contribution in [0.2, 0.25) is 0 Å². The van der Waals surface area contributed by atoms with E-state index in [1.54, 1.807) is 28.8 Å². The summed E-state index contributed by atoms with van der Waals surface area (Å²) in [6.07, 6.45) is 7.85. The molecule has 0 aliphatic carbocycles. The third-order valence-electron chi connectivity index (χ3n) is 5.49. The summed E-state index contributed by atoms with van der Waals surface area (Å²) in [6.45, 7) is 3.08. The van der Waals surface area contributed by atoms with Gasteiger partial charge in [-0.1, -0.05) is 18.2 Å². The molecule has 30 heavy (non-hydrogen) atoms. The monoisotopic (exact) mass is 442 g/mol. The lowest BCUT2D eigenvalue weighted by molar-refractivity contribution is 0.157. The van der Waals surface area contributed by atoms with Crippen LogP contribution in [0.3, 0.4) is 0 Å². The molecule has 1 aliphatic rings. The second kappa shape index (κ2) is 9.78. The van der Waals surface area contributed by atoms with E-state index >= 15 is 0 Å². The number of likely N-dealkylation sites (tertiary alicyclic amines) is 1. The zero-order chi connectivity index (χ0) is 20.8. The molecule has 4 heterocycles. The summed E-state index contributed by atoms with van der Waals surface area (Å²) in [4.78, 5) is 11.0. The summed E-state index contributed by atoms with van der Waals surface area (Å²) in [5, 5.41) is 1.81. The first-order chi connectivity index (χ1) is 14.6. The standard InChI is InChI=1S/C22H26N4O2S2/c27-30(28,22-7-4-16-29-22)26(18-19-5-3-11-23-17-19)21-9-14-25(15-10-21)13-8-20-6-1-2-12-24-20/h1-7,11-12,16-17,21H,8-10,13-15,18H2. The van der Waals surface area contributed by atoms with Gasteiger partial charge in [-0.25, -0.2) is 8.42 Å². The molecular formula is C22H26N4O2S2. The van der Waals surface area contributed by atoms with Crippen LogP contribution in [0.4, 0.5) is 0 Å². The normalized spacial score (nSPS) is 16.2. The Morgan fingerprint density at radius 3 is 2.60 bits per heavy atom. The average Bonchev–Trinajstić information content (AvgIpc) is 3.34. The highest BCUT2D eigenvalue weighted by Crippen LogP contribution is 2.28. The number of pyridine rings is 2. The zero-order valence-electron chi connectivity index (χ0n) is 16.8. The number of sulfonamides is 1. The summed E-state index contributed by atoms with van der Waals surface area (Å²) >= 11 is 1.28. The maximum Gasteiger partial charge on any atom is 0.253 e. The third kappa shape index (κ3) is 5.13. The van der Waals surface area contributed by atoms with Gasteiger partial charge in [0.1, 0.15) is 4.21 Å². The van der Waals surface area contributed by atoms with Gasteiger partial charge < -0.3 is 4.90 Å². The van der Waals surface area contributed by atoms with E-state index in [1.807, 2.05) is 35.8 Å². The van der Waals surface area contributed by atoms with Crippen LogP contribution >= 0.6 is 11.3 Å². The van der Waals surface area contributed by atoms with Crippen LogP contribution in [0.5, 0.6) is 0 Å². The molecule has 0 saturated carbocycles. The maximum absolute atomic E-state index is 13.4. The Morgan fingerprint density at radius 2 is 1.93 bits per heavy atom. The van der Waals surface area contributed by atoms with Crippen molar-refractivity contribution in [2.45, 2.75) is 36.1 Å². The molecule has 1 saturated heterocycles. The van der Waals surface area contributed by atoms with Crippen LogP contribution in [-0.4, -0.2) is 53.3 Å². The van der Waals surface area contributed by atoms with Gasteiger partial charge in [0, 0.05) is 49.8 Å². The number of piperidine rings is 1. The summed E-state index contributed by atoms with van der Waals surface area (Å²) < 4.78 is 28.9. The van der Waals surface area contributed by atoms with Crippen LogP contribution in [0.1, 0.15) is 24.1 Å². The smallest absolute Gasteiger partial charge is 0.253 e. The van der Waals surface area contributed by atoms with Gasteiger partial charge >= 0.3 is 0 Å². The van der Waals surface area contributed by atoms with Crippen LogP contribution in [0, 0.1) is 0 Å². The fourth-order valence-electron chi connectivity index (χ4n) is 3.86. The Labute approximate surface area is 182 Å². The lowest BCUT2D eigenvalue weighted by Gasteiger charge is -2.37. The molecule has 0 aromatic carbocycles. The first kappa shape index (κ1) is 21.1. The van der Waals surface area contributed by atoms with Crippen molar-refractivity contribution in [3.63, 3.8) is 0 Å². The summed E-state index contributed by atoms with van der Waals surface area (Å²) in [6, 6.07) is 13.3. The van der Waals surface area contributed by atoms with Gasteiger partial charge in [-0.05, 0) is 61.1 Å². The van der Waals surface area contributed by atoms with Gasteiger partial charge in [0.2, 0.25) is 0 Å². The zero-order valence-corrected chi connectivity index (χ0v) is 18.4. The van der Waals surface area contributed by atoms with E-state index in [0.717, 1.165) is 50.2 Å². The van der Waals surface area contributed by atoms with E-state index in [4.69, 9.17) is 0 Å². The van der Waals surface area contributed by atoms with Crippen LogP contribution in [-0.2, 0) is 23.0 Å². The Bertz CT molecular complexity index is 1000. The first-order valence-corrected chi connectivity index (χ1v) is 12.5. The molecule has 8 heteroatoms. The van der Waals surface area contributed by atoms with Crippen molar-refractivity contribution in [2.24, 2.45) is 0 Å². The van der Waals surface area contributed by atoms with Crippen molar-refractivity contribution in [3.8, 4) is 0 Å². The number of hydrogen-bond donors (Lipinski definition) is 0. The van der Waals surface area contributed by atoms with Gasteiger partial charge in [-0.15, -0.1) is 11.3 Å². The largest absolute Gasteiger partial charge is 0.303 e. The van der Waals surface area contributed by atoms with E-state index in [2.05, 4.69) is 20.9 Å². The minimum Gasteiger partial charge on any atom is -0.303 e. The number of aromatic nitrogens is 2. The number of rotatable bonds is 8. The van der Waals surface area contributed by atoms with Crippen LogP contribution < -0.4 is 0 Å². The van der Waals surface area contributed by atoms with Crippen LogP contribution in [0.25, 0.3) is 0 Å². The highest BCUT2D eigenvalue weighted by Gasteiger charge is 2.34. The summed E-state index contributed by atoms with van der Waals surface area (Å²) in [7, 11) is -3.53. The average molecular weight is 443 g/mol. The molecule has 158 valence electrons. The topological polar surface area (TPSA) is 66.4 Å². The van der Waals surface area contributed by atoms with E-state index in [-0.39, 0.29) is 6.04 Å². The molecule has 0 spiro atoms. The van der Waals surface area contributed by atoms with Crippen molar-refractivity contribution in [1.29, 1.82) is 0 Å². The van der Waals surface area contributed by atoms with Gasteiger partial charge in [0.05, 0.1) is 0 Å². The quantitative estimate of drug-likeness (QED) is 0.535. The molecule has 3 aromatic heterocycles. The third-order valence-corrected chi connectivity index (χ3v) is 8.77. The molecule has 3 aromatic rings. The fourth-order valence-corrected chi connectivity index (χ4v) is 6.65. The van der Waals surface area contributed by atoms with Crippen molar-refractivity contribution < 1.29 is 8.42 Å². The van der Waals surface area contributed by atoms with Gasteiger partial charge in [-0.2, -0.15) is 4.31 Å². The van der Waals surface area contributed by atoms with Crippen molar-refractivity contribution in [3.05, 3.63) is 77.7 Å². The Kier molecular flexibility index (Phi) is 6.89. The molecule has 0 unspecified atom stereocenters. The predicted molar refractivity (Wildman–Crippen MR) is 119 cm³/mol. The van der Waals surface area contributed by atoms with Gasteiger partial charge in [0.25, 0.3) is 10.0 Å². The van der Waals surface area contributed by atoms with E-state index in [1.165, 1.54) is 11.3 Å². The minimum absolute atomic E-state index is 0.0107. The lowest BCUT2D eigenvalue weighted by atomic mass is 10.0. The van der Waals surface area contributed by atoms with Crippen molar-refractivity contribution in [1.82, 2.24) is 19.2 Å². The first-order valence-electron chi connectivity index (χ1n) is 10.2. The Balaban J connectivity index is 1.44. The van der Waals surface area contributed by atoms with Crippen molar-refractivity contribution in [2.75, 3.05) is 19.6 Å². The number of hydrogen-bond acceptors (Lipinski definition) is 6. The summed E-state index contributed by atoms with van der Waals surface area (Å²) in [5.41, 5.74) is 2.01. The van der Waals surface area contributed by atoms with Crippen molar-refractivity contribution >= 4 is 21.4 Å². The minimum atomic E-state index is -3.53. The molecule has 0 bridgehead atoms. The van der Waals surface area contributed by atoms with E-state index < -0.39 is 10.0 Å². The maximum atomic E-state index is 13.4. The molecule has 0 atom stereocenters. The second-order valence-electron chi connectivity index (χ2n) is 7.49. The Morgan fingerprint density at radius 1 is 1.07 bits per heavy atom. The van der Waals surface area contributed by atoms with E-state index in [9.17, 15) is 8.42 Å². The summed E-state index contributed by atoms with van der Waals surface area (Å²) in [5.74, 6) is 0. The molecule has 1 aliphatic heterocycles. The highest BCUT2D eigenvalue weighted by molar-refractivity contribution is 7.91. The van der Waals surface area contributed by atoms with Crippen LogP contribution in [0.15, 0.2) is 70.6 Å². The molecule has 0 N–H and O–H groups in total. The second-order valence-corrected chi connectivity index (χ2v) is 10.6. The van der Waals surface area contributed by atoms with Gasteiger partial charge in [-0.3, -0.25) is 9.97 Å². The predicted octanol–water partition coefficient (Wildman–Crippen LogP) is 3.44. The SMILES string of the molecule is O=S(=O)(c1cccs1)N(Cc1cccnc1)C1CCN(CCc2ccccn2)CC1.